The molecule has 198 valence electrons. The molecule has 1 saturated carbocycles. The summed E-state index contributed by atoms with van der Waals surface area (Å²) in [5, 5.41) is 5.67. The number of halogens is 2. The van der Waals surface area contributed by atoms with Gasteiger partial charge in [-0.3, -0.25) is 9.59 Å². The van der Waals surface area contributed by atoms with Crippen molar-refractivity contribution in [2.24, 2.45) is 22.9 Å². The highest BCUT2D eigenvalue weighted by Gasteiger charge is 2.43. The zero-order valence-corrected chi connectivity index (χ0v) is 22.9. The smallest absolute Gasteiger partial charge is 0.248 e. The van der Waals surface area contributed by atoms with Gasteiger partial charge in [-0.2, -0.15) is 0 Å². The molecule has 2 amide bonds. The summed E-state index contributed by atoms with van der Waals surface area (Å²) in [6.45, 7) is 7.98. The van der Waals surface area contributed by atoms with Gasteiger partial charge >= 0.3 is 0 Å². The van der Waals surface area contributed by atoms with Crippen molar-refractivity contribution in [1.29, 1.82) is 0 Å². The average Bonchev–Trinajstić information content (AvgIpc) is 3.34. The van der Waals surface area contributed by atoms with Gasteiger partial charge in [0.25, 0.3) is 0 Å². The van der Waals surface area contributed by atoms with Gasteiger partial charge in [0, 0.05) is 49.2 Å². The van der Waals surface area contributed by atoms with E-state index in [1.54, 1.807) is 17.2 Å². The van der Waals surface area contributed by atoms with Gasteiger partial charge in [-0.05, 0) is 55.7 Å². The van der Waals surface area contributed by atoms with Crippen LogP contribution in [-0.4, -0.2) is 59.5 Å². The molecule has 3 aliphatic rings. The molecule has 4 rings (SSSR count). The van der Waals surface area contributed by atoms with Crippen LogP contribution in [-0.2, 0) is 9.59 Å². The molecule has 2 saturated heterocycles. The molecule has 0 radical (unpaired) electrons. The van der Waals surface area contributed by atoms with E-state index in [1.165, 1.54) is 5.01 Å². The van der Waals surface area contributed by atoms with E-state index in [0.717, 1.165) is 37.9 Å². The summed E-state index contributed by atoms with van der Waals surface area (Å²) in [7, 11) is 0. The highest BCUT2D eigenvalue weighted by molar-refractivity contribution is 6.42. The van der Waals surface area contributed by atoms with Gasteiger partial charge in [0.2, 0.25) is 11.8 Å². The number of benzene rings is 1. The predicted molar refractivity (Wildman–Crippen MR) is 144 cm³/mol. The number of carbonyl (C=O) groups is 2. The summed E-state index contributed by atoms with van der Waals surface area (Å²) in [6, 6.07) is 4.44. The molecule has 5 N–H and O–H groups in total. The van der Waals surface area contributed by atoms with Crippen LogP contribution < -0.4 is 21.8 Å². The van der Waals surface area contributed by atoms with Gasteiger partial charge in [-0.15, -0.1) is 0 Å². The van der Waals surface area contributed by atoms with Gasteiger partial charge in [0.1, 0.15) is 12.1 Å². The lowest BCUT2D eigenvalue weighted by Gasteiger charge is -2.39. The van der Waals surface area contributed by atoms with Crippen molar-refractivity contribution in [3.05, 3.63) is 40.1 Å². The molecule has 2 aliphatic heterocycles. The Morgan fingerprint density at radius 2 is 1.86 bits per heavy atom. The number of amides is 2. The van der Waals surface area contributed by atoms with Crippen LogP contribution in [0.4, 0.5) is 5.69 Å². The van der Waals surface area contributed by atoms with Gasteiger partial charge in [-0.25, -0.2) is 5.84 Å². The van der Waals surface area contributed by atoms with Crippen LogP contribution in [0.15, 0.2) is 30.1 Å². The van der Waals surface area contributed by atoms with E-state index in [0.29, 0.717) is 41.2 Å². The SMILES string of the molecule is CC(C)(C)[C@@H](C(=O)N1CCC[C@H]1C(=O)NC1CCN(c2ccc(Cl)c(Cl)c2)C1)N(N)/C=C(\N)C1CC1. The van der Waals surface area contributed by atoms with Crippen molar-refractivity contribution < 1.29 is 9.59 Å². The molecule has 10 heteroatoms. The monoisotopic (exact) mass is 536 g/mol. The number of hydrazine groups is 1. The second kappa shape index (κ2) is 10.7. The third-order valence-electron chi connectivity index (χ3n) is 7.34. The van der Waals surface area contributed by atoms with Crippen LogP contribution >= 0.6 is 23.2 Å². The first kappa shape index (κ1) is 26.9. The molecule has 8 nitrogen and oxygen atoms in total. The summed E-state index contributed by atoms with van der Waals surface area (Å²) in [5.41, 5.74) is 7.43. The number of hydrogen-bond acceptors (Lipinski definition) is 6. The minimum atomic E-state index is -0.625. The highest BCUT2D eigenvalue weighted by Crippen LogP contribution is 2.35. The van der Waals surface area contributed by atoms with Crippen molar-refractivity contribution in [2.45, 2.75) is 71.0 Å². The molecule has 1 aromatic rings. The maximum Gasteiger partial charge on any atom is 0.248 e. The minimum Gasteiger partial charge on any atom is -0.401 e. The van der Waals surface area contributed by atoms with E-state index in [9.17, 15) is 9.59 Å². The molecule has 1 unspecified atom stereocenters. The lowest BCUT2D eigenvalue weighted by atomic mass is 9.85. The molecule has 1 aromatic carbocycles. The Morgan fingerprint density at radius 1 is 1.14 bits per heavy atom. The Morgan fingerprint density at radius 3 is 2.50 bits per heavy atom. The summed E-state index contributed by atoms with van der Waals surface area (Å²) in [6.07, 6.45) is 6.06. The summed E-state index contributed by atoms with van der Waals surface area (Å²) >= 11 is 12.2. The first-order valence-electron chi connectivity index (χ1n) is 12.8. The summed E-state index contributed by atoms with van der Waals surface area (Å²) in [5.74, 6) is 6.50. The van der Waals surface area contributed by atoms with Gasteiger partial charge in [0.15, 0.2) is 0 Å². The fourth-order valence-electron chi connectivity index (χ4n) is 5.27. The molecular weight excluding hydrogens is 499 g/mol. The molecule has 0 spiro atoms. The van der Waals surface area contributed by atoms with Crippen LogP contribution in [0, 0.1) is 11.3 Å². The Bertz CT molecular complexity index is 1020. The maximum atomic E-state index is 13.8. The van der Waals surface area contributed by atoms with Crippen molar-refractivity contribution in [2.75, 3.05) is 24.5 Å². The number of hydrogen-bond donors (Lipinski definition) is 3. The number of allylic oxidation sites excluding steroid dienone is 1. The van der Waals surface area contributed by atoms with Crippen LogP contribution in [0.1, 0.15) is 52.9 Å². The van der Waals surface area contributed by atoms with Crippen LogP contribution in [0.3, 0.4) is 0 Å². The van der Waals surface area contributed by atoms with E-state index in [-0.39, 0.29) is 17.9 Å². The van der Waals surface area contributed by atoms with E-state index in [2.05, 4.69) is 10.2 Å². The lowest BCUT2D eigenvalue weighted by molar-refractivity contribution is -0.145. The number of rotatable bonds is 7. The second-order valence-electron chi connectivity index (χ2n) is 11.3. The van der Waals surface area contributed by atoms with Crippen LogP contribution in [0.25, 0.3) is 0 Å². The fraction of sp³-hybridized carbons (Fsp3) is 0.615. The van der Waals surface area contributed by atoms with E-state index in [1.807, 2.05) is 32.9 Å². The van der Waals surface area contributed by atoms with Gasteiger partial charge in [-0.1, -0.05) is 44.0 Å². The van der Waals surface area contributed by atoms with Crippen molar-refractivity contribution in [3.63, 3.8) is 0 Å². The Balaban J connectivity index is 1.41. The van der Waals surface area contributed by atoms with Crippen molar-refractivity contribution >= 4 is 40.7 Å². The fourth-order valence-corrected chi connectivity index (χ4v) is 5.56. The molecule has 3 atom stereocenters. The first-order valence-corrected chi connectivity index (χ1v) is 13.5. The summed E-state index contributed by atoms with van der Waals surface area (Å²) < 4.78 is 0. The molecule has 1 aliphatic carbocycles. The quantitative estimate of drug-likeness (QED) is 0.363. The number of nitrogens with zero attached hydrogens (tertiary/aromatic N) is 3. The Hall–Kier alpha value is -2.16. The maximum absolute atomic E-state index is 13.8. The topological polar surface area (TPSA) is 108 Å². The Labute approximate surface area is 223 Å². The van der Waals surface area contributed by atoms with Crippen molar-refractivity contribution in [3.8, 4) is 0 Å². The molecule has 36 heavy (non-hydrogen) atoms. The predicted octanol–water partition coefficient (Wildman–Crippen LogP) is 3.48. The first-order chi connectivity index (χ1) is 17.0. The van der Waals surface area contributed by atoms with Crippen LogP contribution in [0.2, 0.25) is 10.0 Å². The number of nitrogens with two attached hydrogens (primary N) is 2. The van der Waals surface area contributed by atoms with Gasteiger partial charge in [0.05, 0.1) is 10.0 Å². The molecule has 0 bridgehead atoms. The second-order valence-corrected chi connectivity index (χ2v) is 12.2. The number of nitrogens with one attached hydrogen (secondary N) is 1. The van der Waals surface area contributed by atoms with Gasteiger partial charge < -0.3 is 25.9 Å². The molecule has 0 aromatic heterocycles. The largest absolute Gasteiger partial charge is 0.401 e. The average molecular weight is 538 g/mol. The van der Waals surface area contributed by atoms with Crippen molar-refractivity contribution in [1.82, 2.24) is 15.2 Å². The third kappa shape index (κ3) is 6.03. The van der Waals surface area contributed by atoms with E-state index in [4.69, 9.17) is 34.8 Å². The van der Waals surface area contributed by atoms with Crippen LogP contribution in [0.5, 0.6) is 0 Å². The number of likely N-dealkylation sites (tertiary alicyclic amines) is 1. The number of carbonyl (C=O) groups excluding carboxylic acids is 2. The normalized spacial score (nSPS) is 23.7. The van der Waals surface area contributed by atoms with E-state index >= 15 is 0 Å². The standard InChI is InChI=1S/C26H38Cl2N6O2/c1-26(2,3)23(34(30)15-21(29)16-6-7-16)25(36)33-11-4-5-22(33)24(35)31-17-10-12-32(14-17)18-8-9-19(27)20(28)13-18/h8-9,13,15-17,22-23H,4-7,10-12,14,29-30H2,1-3H3,(H,31,35)/b21-15-/t17?,22-,23+/m0/s1. The molecular formula is C26H38Cl2N6O2. The van der Waals surface area contributed by atoms with E-state index < -0.39 is 17.5 Å². The zero-order chi connectivity index (χ0) is 26.2. The summed E-state index contributed by atoms with van der Waals surface area (Å²) in [4.78, 5) is 31.0. The zero-order valence-electron chi connectivity index (χ0n) is 21.3. The minimum absolute atomic E-state index is 0.00445. The molecule has 2 heterocycles. The highest BCUT2D eigenvalue weighted by atomic mass is 35.5. The third-order valence-corrected chi connectivity index (χ3v) is 8.08. The Kier molecular flexibility index (Phi) is 7.98. The number of anilines is 1. The molecule has 3 fully saturated rings. The lowest BCUT2D eigenvalue weighted by Crippen LogP contribution is -2.59.